The van der Waals surface area contributed by atoms with Crippen LogP contribution in [0, 0.1) is 5.92 Å². The van der Waals surface area contributed by atoms with Crippen LogP contribution >= 0.6 is 11.6 Å². The van der Waals surface area contributed by atoms with E-state index in [2.05, 4.69) is 10.0 Å². The summed E-state index contributed by atoms with van der Waals surface area (Å²) in [7, 11) is -3.97. The van der Waals surface area contributed by atoms with Crippen molar-refractivity contribution in [3.8, 4) is 5.75 Å². The van der Waals surface area contributed by atoms with Gasteiger partial charge in [0, 0.05) is 6.54 Å². The maximum Gasteiger partial charge on any atom is 0.241 e. The quantitative estimate of drug-likeness (QED) is 0.595. The highest BCUT2D eigenvalue weighted by molar-refractivity contribution is 7.89. The molecule has 0 aliphatic rings. The summed E-state index contributed by atoms with van der Waals surface area (Å²) in [5, 5.41) is 2.99. The van der Waals surface area contributed by atoms with Gasteiger partial charge in [0.15, 0.2) is 0 Å². The molecule has 0 saturated carbocycles. The number of sulfonamides is 1. The first-order chi connectivity index (χ1) is 13.7. The number of hydrogen-bond donors (Lipinski definition) is 2. The van der Waals surface area contributed by atoms with E-state index in [0.717, 1.165) is 5.56 Å². The smallest absolute Gasteiger partial charge is 0.241 e. The summed E-state index contributed by atoms with van der Waals surface area (Å²) in [4.78, 5) is 12.7. The first kappa shape index (κ1) is 23.2. The Bertz CT molecular complexity index is 918. The van der Waals surface area contributed by atoms with Gasteiger partial charge in [0.1, 0.15) is 11.8 Å². The van der Waals surface area contributed by atoms with Crippen LogP contribution in [0.4, 0.5) is 0 Å². The van der Waals surface area contributed by atoms with Gasteiger partial charge >= 0.3 is 0 Å². The van der Waals surface area contributed by atoms with Crippen LogP contribution in [0.3, 0.4) is 0 Å². The van der Waals surface area contributed by atoms with E-state index in [4.69, 9.17) is 16.3 Å². The van der Waals surface area contributed by atoms with E-state index in [1.807, 2.05) is 51.1 Å². The van der Waals surface area contributed by atoms with Crippen molar-refractivity contribution >= 4 is 27.5 Å². The maximum atomic E-state index is 12.9. The number of carbonyl (C=O) groups is 1. The molecule has 6 nitrogen and oxygen atoms in total. The van der Waals surface area contributed by atoms with Gasteiger partial charge < -0.3 is 10.1 Å². The number of ether oxygens (including phenoxy) is 1. The maximum absolute atomic E-state index is 12.9. The van der Waals surface area contributed by atoms with Crippen LogP contribution in [0.5, 0.6) is 5.75 Å². The highest BCUT2D eigenvalue weighted by Gasteiger charge is 2.26. The van der Waals surface area contributed by atoms with E-state index in [-0.39, 0.29) is 28.2 Å². The molecule has 2 aromatic carbocycles. The molecular formula is C21H27ClN2O4S. The largest absolute Gasteiger partial charge is 0.492 e. The molecule has 1 unspecified atom stereocenters. The molecule has 0 bridgehead atoms. The van der Waals surface area contributed by atoms with Crippen LogP contribution in [-0.2, 0) is 21.2 Å². The predicted molar refractivity (Wildman–Crippen MR) is 115 cm³/mol. The Hall–Kier alpha value is -2.09. The van der Waals surface area contributed by atoms with Crippen LogP contribution in [0.25, 0.3) is 0 Å². The zero-order valence-electron chi connectivity index (χ0n) is 16.8. The Kier molecular flexibility index (Phi) is 8.49. The lowest BCUT2D eigenvalue weighted by molar-refractivity contribution is -0.122. The van der Waals surface area contributed by atoms with Crippen molar-refractivity contribution in [2.45, 2.75) is 38.1 Å². The number of rotatable bonds is 10. The second kappa shape index (κ2) is 10.6. The second-order valence-corrected chi connectivity index (χ2v) is 9.15. The minimum atomic E-state index is -3.97. The zero-order chi connectivity index (χ0) is 21.4. The number of hydrogen-bond acceptors (Lipinski definition) is 4. The zero-order valence-corrected chi connectivity index (χ0v) is 18.4. The fourth-order valence-corrected chi connectivity index (χ4v) is 4.16. The lowest BCUT2D eigenvalue weighted by Gasteiger charge is -2.20. The molecule has 0 heterocycles. The fourth-order valence-electron chi connectivity index (χ4n) is 2.64. The first-order valence-corrected chi connectivity index (χ1v) is 11.4. The summed E-state index contributed by atoms with van der Waals surface area (Å²) in [5.41, 5.74) is 0.852. The lowest BCUT2D eigenvalue weighted by atomic mass is 10.1. The predicted octanol–water partition coefficient (Wildman–Crippen LogP) is 3.40. The normalized spacial score (nSPS) is 12.6. The van der Waals surface area contributed by atoms with Crippen LogP contribution in [0.2, 0.25) is 5.02 Å². The first-order valence-electron chi connectivity index (χ1n) is 9.49. The summed E-state index contributed by atoms with van der Waals surface area (Å²) < 4.78 is 33.7. The van der Waals surface area contributed by atoms with Gasteiger partial charge in [-0.2, -0.15) is 4.72 Å². The SMILES string of the molecule is CCOc1ccc(S(=O)(=O)NC(Cc2ccccc2)C(=O)NCC(C)C)cc1Cl. The van der Waals surface area contributed by atoms with Crippen LogP contribution < -0.4 is 14.8 Å². The number of nitrogens with one attached hydrogen (secondary N) is 2. The van der Waals surface area contributed by atoms with Gasteiger partial charge in [0.05, 0.1) is 16.5 Å². The third-order valence-corrected chi connectivity index (χ3v) is 5.86. The molecule has 158 valence electrons. The Morgan fingerprint density at radius 3 is 2.41 bits per heavy atom. The lowest BCUT2D eigenvalue weighted by Crippen LogP contribution is -2.48. The molecule has 2 N–H and O–H groups in total. The molecule has 29 heavy (non-hydrogen) atoms. The number of benzene rings is 2. The van der Waals surface area contributed by atoms with Crippen molar-refractivity contribution in [1.29, 1.82) is 0 Å². The molecule has 8 heteroatoms. The van der Waals surface area contributed by atoms with E-state index in [0.29, 0.717) is 18.9 Å². The topological polar surface area (TPSA) is 84.5 Å². The van der Waals surface area contributed by atoms with Crippen LogP contribution in [-0.4, -0.2) is 33.5 Å². The molecule has 0 saturated heterocycles. The van der Waals surface area contributed by atoms with Crippen molar-refractivity contribution in [3.63, 3.8) is 0 Å². The molecule has 0 aliphatic heterocycles. The number of halogens is 1. The standard InChI is InChI=1S/C21H27ClN2O4S/c1-4-28-20-11-10-17(13-18(20)22)29(26,27)24-19(21(25)23-14-15(2)3)12-16-8-6-5-7-9-16/h5-11,13,15,19,24H,4,12,14H2,1-3H3,(H,23,25). The van der Waals surface area contributed by atoms with Gasteiger partial charge in [-0.15, -0.1) is 0 Å². The monoisotopic (exact) mass is 438 g/mol. The van der Waals surface area contributed by atoms with Gasteiger partial charge in [-0.25, -0.2) is 8.42 Å². The molecule has 1 atom stereocenters. The van der Waals surface area contributed by atoms with Crippen molar-refractivity contribution < 1.29 is 17.9 Å². The highest BCUT2D eigenvalue weighted by atomic mass is 35.5. The molecule has 1 amide bonds. The minimum Gasteiger partial charge on any atom is -0.492 e. The average molecular weight is 439 g/mol. The van der Waals surface area contributed by atoms with Crippen molar-refractivity contribution in [2.75, 3.05) is 13.2 Å². The summed E-state index contributed by atoms with van der Waals surface area (Å²) in [6.45, 7) is 6.63. The molecule has 0 fully saturated rings. The fraction of sp³-hybridized carbons (Fsp3) is 0.381. The molecular weight excluding hydrogens is 412 g/mol. The molecule has 0 spiro atoms. The van der Waals surface area contributed by atoms with E-state index < -0.39 is 16.1 Å². The van der Waals surface area contributed by atoms with E-state index in [1.54, 1.807) is 0 Å². The van der Waals surface area contributed by atoms with Crippen molar-refractivity contribution in [3.05, 3.63) is 59.1 Å². The summed E-state index contributed by atoms with van der Waals surface area (Å²) in [6.07, 6.45) is 0.231. The Morgan fingerprint density at radius 2 is 1.83 bits per heavy atom. The van der Waals surface area contributed by atoms with Crippen molar-refractivity contribution in [1.82, 2.24) is 10.0 Å². The molecule has 0 radical (unpaired) electrons. The molecule has 0 aliphatic carbocycles. The number of carbonyl (C=O) groups excluding carboxylic acids is 1. The average Bonchev–Trinajstić information content (AvgIpc) is 2.68. The van der Waals surface area contributed by atoms with Crippen LogP contribution in [0.1, 0.15) is 26.3 Å². The van der Waals surface area contributed by atoms with Gasteiger partial charge in [-0.05, 0) is 43.0 Å². The van der Waals surface area contributed by atoms with E-state index in [1.165, 1.54) is 18.2 Å². The third-order valence-electron chi connectivity index (χ3n) is 4.09. The Morgan fingerprint density at radius 1 is 1.14 bits per heavy atom. The van der Waals surface area contributed by atoms with Gasteiger partial charge in [-0.1, -0.05) is 55.8 Å². The molecule has 2 rings (SSSR count). The summed E-state index contributed by atoms with van der Waals surface area (Å²) >= 11 is 6.13. The van der Waals surface area contributed by atoms with Crippen molar-refractivity contribution in [2.24, 2.45) is 5.92 Å². The Labute approximate surface area is 177 Å². The highest BCUT2D eigenvalue weighted by Crippen LogP contribution is 2.27. The second-order valence-electron chi connectivity index (χ2n) is 7.03. The Balaban J connectivity index is 2.25. The van der Waals surface area contributed by atoms with Gasteiger partial charge in [-0.3, -0.25) is 4.79 Å². The van der Waals surface area contributed by atoms with Gasteiger partial charge in [0.25, 0.3) is 0 Å². The third kappa shape index (κ3) is 7.03. The summed E-state index contributed by atoms with van der Waals surface area (Å²) in [6, 6.07) is 12.5. The number of amides is 1. The molecule has 0 aromatic heterocycles. The van der Waals surface area contributed by atoms with E-state index in [9.17, 15) is 13.2 Å². The van der Waals surface area contributed by atoms with E-state index >= 15 is 0 Å². The van der Waals surface area contributed by atoms with Gasteiger partial charge in [0.2, 0.25) is 15.9 Å². The minimum absolute atomic E-state index is 0.0272. The van der Waals surface area contributed by atoms with Crippen LogP contribution in [0.15, 0.2) is 53.4 Å². The molecule has 2 aromatic rings. The summed E-state index contributed by atoms with van der Waals surface area (Å²) in [5.74, 6) is 0.282.